The summed E-state index contributed by atoms with van der Waals surface area (Å²) in [6.45, 7) is 2.18. The Hall–Kier alpha value is -1.61. The molecular weight excluding hydrogens is 210 g/mol. The summed E-state index contributed by atoms with van der Waals surface area (Å²) in [6.07, 6.45) is 1.67. The Bertz CT molecular complexity index is 273. The molecule has 0 unspecified atom stereocenters. The van der Waals surface area contributed by atoms with Gasteiger partial charge in [-0.25, -0.2) is 0 Å². The van der Waals surface area contributed by atoms with E-state index in [9.17, 15) is 9.59 Å². The summed E-state index contributed by atoms with van der Waals surface area (Å²) >= 11 is 0. The quantitative estimate of drug-likeness (QED) is 0.461. The predicted molar refractivity (Wildman–Crippen MR) is 57.2 cm³/mol. The number of aliphatic hydroxyl groups is 1. The Kier molecular flexibility index (Phi) is 7.81. The van der Waals surface area contributed by atoms with E-state index in [1.54, 1.807) is 6.07 Å². The lowest BCUT2D eigenvalue weighted by molar-refractivity contribution is -0.146. The van der Waals surface area contributed by atoms with E-state index >= 15 is 0 Å². The van der Waals surface area contributed by atoms with Crippen LogP contribution in [0.3, 0.4) is 0 Å². The highest BCUT2D eigenvalue weighted by Crippen LogP contribution is 1.96. The van der Waals surface area contributed by atoms with E-state index in [1.165, 1.54) is 4.90 Å². The van der Waals surface area contributed by atoms with E-state index in [1.807, 2.05) is 6.92 Å². The Labute approximate surface area is 94.8 Å². The van der Waals surface area contributed by atoms with Gasteiger partial charge in [0, 0.05) is 13.1 Å². The number of nitrogens with one attached hydrogen (secondary N) is 1. The molecule has 0 aliphatic heterocycles. The standard InChI is InChI=1S/C10H17N3O3/c1-2-3-6-13(7-8-14)10(16)9(15)12-5-4-11/h14H,2-3,5-8H2,1H3,(H,12,15). The molecule has 90 valence electrons. The Balaban J connectivity index is 4.24. The first kappa shape index (κ1) is 14.4. The summed E-state index contributed by atoms with van der Waals surface area (Å²) in [5.41, 5.74) is 0. The molecule has 0 heterocycles. The fourth-order valence-electron chi connectivity index (χ4n) is 1.12. The van der Waals surface area contributed by atoms with Crippen molar-refractivity contribution in [1.29, 1.82) is 5.26 Å². The maximum Gasteiger partial charge on any atom is 0.311 e. The molecule has 0 spiro atoms. The van der Waals surface area contributed by atoms with Crippen LogP contribution in [0.15, 0.2) is 0 Å². The maximum atomic E-state index is 11.5. The van der Waals surface area contributed by atoms with E-state index in [4.69, 9.17) is 10.4 Å². The summed E-state index contributed by atoms with van der Waals surface area (Å²) in [7, 11) is 0. The summed E-state index contributed by atoms with van der Waals surface area (Å²) in [5, 5.41) is 19.2. The van der Waals surface area contributed by atoms with Crippen molar-refractivity contribution in [2.75, 3.05) is 26.2 Å². The summed E-state index contributed by atoms with van der Waals surface area (Å²) < 4.78 is 0. The number of aliphatic hydroxyl groups excluding tert-OH is 1. The number of amides is 2. The van der Waals surface area contributed by atoms with Gasteiger partial charge in [-0.2, -0.15) is 5.26 Å². The largest absolute Gasteiger partial charge is 0.395 e. The molecule has 0 aliphatic rings. The van der Waals surface area contributed by atoms with Crippen molar-refractivity contribution < 1.29 is 14.7 Å². The van der Waals surface area contributed by atoms with Crippen LogP contribution in [-0.2, 0) is 9.59 Å². The van der Waals surface area contributed by atoms with Crippen molar-refractivity contribution in [3.05, 3.63) is 0 Å². The zero-order valence-electron chi connectivity index (χ0n) is 9.40. The first-order valence-corrected chi connectivity index (χ1v) is 5.22. The van der Waals surface area contributed by atoms with Crippen molar-refractivity contribution in [2.24, 2.45) is 0 Å². The second kappa shape index (κ2) is 8.68. The molecule has 2 amide bonds. The van der Waals surface area contributed by atoms with Gasteiger partial charge in [0.1, 0.15) is 6.54 Å². The van der Waals surface area contributed by atoms with Crippen molar-refractivity contribution in [1.82, 2.24) is 10.2 Å². The lowest BCUT2D eigenvalue weighted by atomic mass is 10.3. The molecule has 6 heteroatoms. The van der Waals surface area contributed by atoms with Crippen LogP contribution in [0.4, 0.5) is 0 Å². The summed E-state index contributed by atoms with van der Waals surface area (Å²) in [4.78, 5) is 24.1. The number of nitriles is 1. The third-order valence-corrected chi connectivity index (χ3v) is 1.96. The van der Waals surface area contributed by atoms with E-state index in [0.717, 1.165) is 12.8 Å². The minimum Gasteiger partial charge on any atom is -0.395 e. The second-order valence-corrected chi connectivity index (χ2v) is 3.21. The van der Waals surface area contributed by atoms with E-state index in [2.05, 4.69) is 5.32 Å². The first-order valence-electron chi connectivity index (χ1n) is 5.22. The summed E-state index contributed by atoms with van der Waals surface area (Å²) in [5.74, 6) is -1.50. The van der Waals surface area contributed by atoms with Gasteiger partial charge in [-0.05, 0) is 6.42 Å². The van der Waals surface area contributed by atoms with Gasteiger partial charge >= 0.3 is 11.8 Å². The van der Waals surface area contributed by atoms with Gasteiger partial charge in [-0.15, -0.1) is 0 Å². The number of carbonyl (C=O) groups excluding carboxylic acids is 2. The smallest absolute Gasteiger partial charge is 0.311 e. The van der Waals surface area contributed by atoms with Crippen molar-refractivity contribution in [2.45, 2.75) is 19.8 Å². The average Bonchev–Trinajstić information content (AvgIpc) is 2.30. The van der Waals surface area contributed by atoms with Crippen LogP contribution in [-0.4, -0.2) is 48.1 Å². The van der Waals surface area contributed by atoms with Gasteiger partial charge in [0.25, 0.3) is 0 Å². The van der Waals surface area contributed by atoms with E-state index in [0.29, 0.717) is 6.54 Å². The molecule has 0 fully saturated rings. The van der Waals surface area contributed by atoms with Crippen LogP contribution >= 0.6 is 0 Å². The predicted octanol–water partition coefficient (Wildman–Crippen LogP) is -0.753. The monoisotopic (exact) mass is 227 g/mol. The number of carbonyl (C=O) groups is 2. The van der Waals surface area contributed by atoms with Crippen LogP contribution in [0.5, 0.6) is 0 Å². The molecule has 0 bridgehead atoms. The van der Waals surface area contributed by atoms with E-state index in [-0.39, 0.29) is 19.7 Å². The minimum absolute atomic E-state index is 0.138. The zero-order chi connectivity index (χ0) is 12.4. The second-order valence-electron chi connectivity index (χ2n) is 3.21. The molecule has 0 saturated heterocycles. The third kappa shape index (κ3) is 5.32. The van der Waals surface area contributed by atoms with Gasteiger partial charge in [0.15, 0.2) is 0 Å². The van der Waals surface area contributed by atoms with Gasteiger partial charge in [0.05, 0.1) is 12.7 Å². The van der Waals surface area contributed by atoms with Crippen LogP contribution < -0.4 is 5.32 Å². The number of rotatable bonds is 6. The fourth-order valence-corrected chi connectivity index (χ4v) is 1.12. The van der Waals surface area contributed by atoms with Gasteiger partial charge in [-0.3, -0.25) is 9.59 Å². The number of hydrogen-bond acceptors (Lipinski definition) is 4. The molecule has 16 heavy (non-hydrogen) atoms. The molecule has 2 N–H and O–H groups in total. The highest BCUT2D eigenvalue weighted by Gasteiger charge is 2.20. The topological polar surface area (TPSA) is 93.4 Å². The highest BCUT2D eigenvalue weighted by atomic mass is 16.3. The Morgan fingerprint density at radius 3 is 2.62 bits per heavy atom. The van der Waals surface area contributed by atoms with Crippen molar-refractivity contribution in [3.63, 3.8) is 0 Å². The van der Waals surface area contributed by atoms with Crippen LogP contribution in [0.25, 0.3) is 0 Å². The number of hydrogen-bond donors (Lipinski definition) is 2. The molecule has 0 saturated carbocycles. The lowest BCUT2D eigenvalue weighted by Gasteiger charge is -2.20. The van der Waals surface area contributed by atoms with Crippen LogP contribution in [0, 0.1) is 11.3 Å². The van der Waals surface area contributed by atoms with Crippen LogP contribution in [0.2, 0.25) is 0 Å². The molecule has 0 rings (SSSR count). The zero-order valence-corrected chi connectivity index (χ0v) is 9.40. The van der Waals surface area contributed by atoms with Crippen LogP contribution in [0.1, 0.15) is 19.8 Å². The molecule has 0 aliphatic carbocycles. The molecule has 0 aromatic rings. The normalized spacial score (nSPS) is 9.31. The molecule has 0 radical (unpaired) electrons. The average molecular weight is 227 g/mol. The molecular formula is C10H17N3O3. The SMILES string of the molecule is CCCCN(CCO)C(=O)C(=O)NCC#N. The van der Waals surface area contributed by atoms with Gasteiger partial charge < -0.3 is 15.3 Å². The van der Waals surface area contributed by atoms with Crippen molar-refractivity contribution in [3.8, 4) is 6.07 Å². The first-order chi connectivity index (χ1) is 7.67. The molecule has 6 nitrogen and oxygen atoms in total. The van der Waals surface area contributed by atoms with Crippen molar-refractivity contribution >= 4 is 11.8 Å². The molecule has 0 aromatic heterocycles. The number of unbranched alkanes of at least 4 members (excludes halogenated alkanes) is 1. The molecule has 0 aromatic carbocycles. The van der Waals surface area contributed by atoms with E-state index < -0.39 is 11.8 Å². The Morgan fingerprint density at radius 2 is 2.12 bits per heavy atom. The van der Waals surface area contributed by atoms with Gasteiger partial charge in [0.2, 0.25) is 0 Å². The fraction of sp³-hybridized carbons (Fsp3) is 0.700. The summed E-state index contributed by atoms with van der Waals surface area (Å²) in [6, 6.07) is 1.72. The maximum absolute atomic E-state index is 11.5. The highest BCUT2D eigenvalue weighted by molar-refractivity contribution is 6.35. The minimum atomic E-state index is -0.800. The molecule has 0 atom stereocenters. The number of nitrogens with zero attached hydrogens (tertiary/aromatic N) is 2. The van der Waals surface area contributed by atoms with Gasteiger partial charge in [-0.1, -0.05) is 13.3 Å². The Morgan fingerprint density at radius 1 is 1.44 bits per heavy atom. The third-order valence-electron chi connectivity index (χ3n) is 1.96. The lowest BCUT2D eigenvalue weighted by Crippen LogP contribution is -2.44.